The monoisotopic (exact) mass is 160 g/mol. The summed E-state index contributed by atoms with van der Waals surface area (Å²) in [6.45, 7) is 2.86. The molecule has 2 N–H and O–H groups in total. The van der Waals surface area contributed by atoms with E-state index in [1.165, 1.54) is 0 Å². The maximum Gasteiger partial charge on any atom is 0.314 e. The third-order valence-corrected chi connectivity index (χ3v) is 2.06. The Balaban J connectivity index is 2.80. The van der Waals surface area contributed by atoms with Gasteiger partial charge in [-0.2, -0.15) is 0 Å². The second-order valence-electron chi connectivity index (χ2n) is 3.29. The highest BCUT2D eigenvalue weighted by Crippen LogP contribution is 2.32. The molecule has 0 aromatic carbocycles. The lowest BCUT2D eigenvalue weighted by Gasteiger charge is -2.17. The molecule has 1 aliphatic heterocycles. The second-order valence-corrected chi connectivity index (χ2v) is 3.29. The van der Waals surface area contributed by atoms with Crippen LogP contribution in [0.25, 0.3) is 0 Å². The van der Waals surface area contributed by atoms with E-state index in [1.807, 2.05) is 0 Å². The van der Waals surface area contributed by atoms with Crippen LogP contribution in [-0.2, 0) is 9.53 Å². The molecule has 0 aliphatic carbocycles. The van der Waals surface area contributed by atoms with Gasteiger partial charge in [0.25, 0.3) is 0 Å². The Morgan fingerprint density at radius 3 is 2.36 bits per heavy atom. The van der Waals surface area contributed by atoms with Crippen molar-refractivity contribution >= 4 is 5.97 Å². The molecule has 11 heavy (non-hydrogen) atoms. The van der Waals surface area contributed by atoms with Crippen molar-refractivity contribution in [3.63, 3.8) is 0 Å². The lowest BCUT2D eigenvalue weighted by atomic mass is 9.87. The average molecular weight is 160 g/mol. The zero-order chi connectivity index (χ0) is 8.65. The van der Waals surface area contributed by atoms with E-state index in [4.69, 9.17) is 9.84 Å². The molecule has 1 aliphatic rings. The number of cyclic esters (lactones) is 1. The topological polar surface area (TPSA) is 66.8 Å². The van der Waals surface area contributed by atoms with Crippen molar-refractivity contribution in [3.8, 4) is 0 Å². The number of aliphatic hydroxyl groups excluding tert-OH is 2. The summed E-state index contributed by atoms with van der Waals surface area (Å²) in [5.74, 6) is -0.455. The van der Waals surface area contributed by atoms with Gasteiger partial charge in [0.05, 0.1) is 12.0 Å². The molecule has 4 heteroatoms. The van der Waals surface area contributed by atoms with Crippen LogP contribution < -0.4 is 0 Å². The molecule has 0 saturated carbocycles. The Kier molecular flexibility index (Phi) is 1.90. The Bertz CT molecular complexity index is 175. The molecule has 1 fully saturated rings. The number of esters is 1. The van der Waals surface area contributed by atoms with Crippen molar-refractivity contribution in [2.24, 2.45) is 5.41 Å². The van der Waals surface area contributed by atoms with Gasteiger partial charge in [-0.1, -0.05) is 0 Å². The van der Waals surface area contributed by atoms with Gasteiger partial charge in [0.2, 0.25) is 0 Å². The summed E-state index contributed by atoms with van der Waals surface area (Å²) < 4.78 is 4.70. The van der Waals surface area contributed by atoms with Crippen molar-refractivity contribution in [2.75, 3.05) is 6.61 Å². The number of carbonyl (C=O) groups excluding carboxylic acids is 1. The predicted octanol–water partition coefficient (Wildman–Crippen LogP) is -0.709. The number of rotatable bonds is 1. The Labute approximate surface area is 64.8 Å². The van der Waals surface area contributed by atoms with E-state index in [1.54, 1.807) is 13.8 Å². The van der Waals surface area contributed by atoms with Gasteiger partial charge in [0.15, 0.2) is 6.10 Å². The van der Waals surface area contributed by atoms with Crippen LogP contribution in [0.5, 0.6) is 0 Å². The van der Waals surface area contributed by atoms with Crippen LogP contribution >= 0.6 is 0 Å². The van der Waals surface area contributed by atoms with Crippen molar-refractivity contribution in [3.05, 3.63) is 0 Å². The van der Waals surface area contributed by atoms with E-state index in [2.05, 4.69) is 0 Å². The summed E-state index contributed by atoms with van der Waals surface area (Å²) in [7, 11) is 0. The Morgan fingerprint density at radius 2 is 2.18 bits per heavy atom. The molecule has 1 saturated heterocycles. The third-order valence-electron chi connectivity index (χ3n) is 2.06. The highest BCUT2D eigenvalue weighted by molar-refractivity contribution is 5.79. The van der Waals surface area contributed by atoms with Gasteiger partial charge in [0.1, 0.15) is 6.10 Å². The molecule has 0 aromatic heterocycles. The van der Waals surface area contributed by atoms with Crippen molar-refractivity contribution in [1.82, 2.24) is 0 Å². The number of hydrogen-bond acceptors (Lipinski definition) is 4. The summed E-state index contributed by atoms with van der Waals surface area (Å²) in [6.07, 6.45) is -1.66. The largest absolute Gasteiger partial charge is 0.457 e. The highest BCUT2D eigenvalue weighted by atomic mass is 16.6. The highest BCUT2D eigenvalue weighted by Gasteiger charge is 2.49. The fraction of sp³-hybridized carbons (Fsp3) is 0.857. The summed E-state index contributed by atoms with van der Waals surface area (Å²) in [5.41, 5.74) is -0.882. The number of carbonyl (C=O) groups is 1. The van der Waals surface area contributed by atoms with Crippen molar-refractivity contribution in [1.29, 1.82) is 0 Å². The quantitative estimate of drug-likeness (QED) is 0.497. The zero-order valence-corrected chi connectivity index (χ0v) is 6.57. The molecular weight excluding hydrogens is 148 g/mol. The van der Waals surface area contributed by atoms with Gasteiger partial charge in [-0.05, 0) is 13.8 Å². The van der Waals surface area contributed by atoms with Crippen LogP contribution in [0.4, 0.5) is 0 Å². The minimum atomic E-state index is -0.903. The summed E-state index contributed by atoms with van der Waals surface area (Å²) in [4.78, 5) is 11.0. The van der Waals surface area contributed by atoms with Crippen LogP contribution in [0.2, 0.25) is 0 Å². The summed E-state index contributed by atoms with van der Waals surface area (Å²) in [5, 5.41) is 18.0. The normalized spacial score (nSPS) is 35.5. The third kappa shape index (κ3) is 1.12. The first-order valence-corrected chi connectivity index (χ1v) is 3.50. The molecule has 4 nitrogen and oxygen atoms in total. The minimum absolute atomic E-state index is 0.323. The van der Waals surface area contributed by atoms with E-state index in [9.17, 15) is 9.90 Å². The van der Waals surface area contributed by atoms with Crippen molar-refractivity contribution in [2.45, 2.75) is 26.1 Å². The molecule has 0 amide bonds. The maximum atomic E-state index is 11.0. The van der Waals surface area contributed by atoms with E-state index >= 15 is 0 Å². The van der Waals surface area contributed by atoms with Gasteiger partial charge in [-0.15, -0.1) is 0 Å². The Morgan fingerprint density at radius 1 is 1.64 bits per heavy atom. The van der Waals surface area contributed by atoms with Gasteiger partial charge >= 0.3 is 5.97 Å². The zero-order valence-electron chi connectivity index (χ0n) is 6.57. The fourth-order valence-electron chi connectivity index (χ4n) is 1.08. The number of aliphatic hydroxyl groups is 2. The van der Waals surface area contributed by atoms with Crippen LogP contribution in [-0.4, -0.2) is 35.0 Å². The molecular formula is C7H12O4. The molecule has 0 bridgehead atoms. The van der Waals surface area contributed by atoms with E-state index in [0.29, 0.717) is 0 Å². The van der Waals surface area contributed by atoms with E-state index < -0.39 is 23.6 Å². The molecule has 1 rings (SSSR count). The molecule has 64 valence electrons. The lowest BCUT2D eigenvalue weighted by Crippen LogP contribution is -2.35. The molecule has 2 atom stereocenters. The standard InChI is InChI=1S/C7H12O4/c1-7(2)5(9)4(3-8)11-6(7)10/h4-5,8-9H,3H2,1-2H3. The maximum absolute atomic E-state index is 11.0. The molecule has 0 spiro atoms. The first-order valence-electron chi connectivity index (χ1n) is 3.50. The van der Waals surface area contributed by atoms with Crippen LogP contribution in [0.15, 0.2) is 0 Å². The van der Waals surface area contributed by atoms with Crippen LogP contribution in [0, 0.1) is 5.41 Å². The SMILES string of the molecule is CC1(C)C(=O)OC(CO)C1O. The number of hydrogen-bond donors (Lipinski definition) is 2. The molecule has 0 radical (unpaired) electrons. The minimum Gasteiger partial charge on any atom is -0.457 e. The van der Waals surface area contributed by atoms with Gasteiger partial charge in [-0.3, -0.25) is 4.79 Å². The van der Waals surface area contributed by atoms with Crippen molar-refractivity contribution < 1.29 is 19.7 Å². The fourth-order valence-corrected chi connectivity index (χ4v) is 1.08. The smallest absolute Gasteiger partial charge is 0.314 e. The molecule has 2 unspecified atom stereocenters. The predicted molar refractivity (Wildman–Crippen MR) is 36.8 cm³/mol. The average Bonchev–Trinajstić information content (AvgIpc) is 2.14. The van der Waals surface area contributed by atoms with Crippen LogP contribution in [0.1, 0.15) is 13.8 Å². The van der Waals surface area contributed by atoms with Gasteiger partial charge in [0, 0.05) is 0 Å². The van der Waals surface area contributed by atoms with E-state index in [0.717, 1.165) is 0 Å². The van der Waals surface area contributed by atoms with Gasteiger partial charge in [-0.25, -0.2) is 0 Å². The van der Waals surface area contributed by atoms with Crippen LogP contribution in [0.3, 0.4) is 0 Å². The second kappa shape index (κ2) is 2.46. The molecule has 0 aromatic rings. The van der Waals surface area contributed by atoms with E-state index in [-0.39, 0.29) is 6.61 Å². The lowest BCUT2D eigenvalue weighted by molar-refractivity contribution is -0.148. The first-order chi connectivity index (χ1) is 5.00. The molecule has 1 heterocycles. The first kappa shape index (κ1) is 8.49. The number of ether oxygens (including phenoxy) is 1. The summed E-state index contributed by atoms with van der Waals surface area (Å²) in [6, 6.07) is 0. The van der Waals surface area contributed by atoms with Gasteiger partial charge < -0.3 is 14.9 Å². The Hall–Kier alpha value is -0.610. The summed E-state index contributed by atoms with van der Waals surface area (Å²) >= 11 is 0.